The van der Waals surface area contributed by atoms with Crippen molar-refractivity contribution in [2.75, 3.05) is 0 Å². The molecule has 1 nitrogen and oxygen atoms in total. The normalized spacial score (nSPS) is 14.9. The van der Waals surface area contributed by atoms with Crippen molar-refractivity contribution in [3.05, 3.63) is 69.2 Å². The third-order valence-electron chi connectivity index (χ3n) is 5.04. The molecule has 0 aromatic heterocycles. The van der Waals surface area contributed by atoms with E-state index in [0.717, 1.165) is 17.5 Å². The zero-order valence-electron chi connectivity index (χ0n) is 17.3. The lowest BCUT2D eigenvalue weighted by Crippen LogP contribution is -2.23. The Labute approximate surface area is 174 Å². The maximum Gasteiger partial charge on any atom is 0.0831 e. The number of hydrogen-bond donors (Lipinski definition) is 1. The number of halogens is 2. The molecule has 0 saturated carbocycles. The van der Waals surface area contributed by atoms with Gasteiger partial charge < -0.3 is 5.11 Å². The van der Waals surface area contributed by atoms with Crippen LogP contribution in [0.1, 0.15) is 76.7 Å². The Kier molecular flexibility index (Phi) is 7.06. The molecule has 2 aromatic rings. The van der Waals surface area contributed by atoms with Crippen molar-refractivity contribution < 1.29 is 5.11 Å². The maximum atomic E-state index is 10.7. The third kappa shape index (κ3) is 6.24. The van der Waals surface area contributed by atoms with Crippen molar-refractivity contribution in [1.29, 1.82) is 0 Å². The molecule has 2 unspecified atom stereocenters. The molecule has 0 heterocycles. The SMILES string of the molecule is CC(C)(C)CC(c1ccc(C(O)Cc2c(Cl)cccc2Cl)cc1)C(C)(C)C. The number of rotatable bonds is 5. The molecule has 2 rings (SSSR count). The highest BCUT2D eigenvalue weighted by molar-refractivity contribution is 6.36. The van der Waals surface area contributed by atoms with Gasteiger partial charge in [0, 0.05) is 16.5 Å². The van der Waals surface area contributed by atoms with Crippen LogP contribution in [0.3, 0.4) is 0 Å². The lowest BCUT2D eigenvalue weighted by Gasteiger charge is -2.36. The van der Waals surface area contributed by atoms with Crippen LogP contribution in [0.25, 0.3) is 0 Å². The molecule has 0 spiro atoms. The quantitative estimate of drug-likeness (QED) is 0.535. The average molecular weight is 407 g/mol. The van der Waals surface area contributed by atoms with Crippen molar-refractivity contribution in [1.82, 2.24) is 0 Å². The summed E-state index contributed by atoms with van der Waals surface area (Å²) in [6, 6.07) is 13.8. The smallest absolute Gasteiger partial charge is 0.0831 e. The van der Waals surface area contributed by atoms with Crippen LogP contribution < -0.4 is 0 Å². The molecule has 0 amide bonds. The van der Waals surface area contributed by atoms with Crippen LogP contribution in [0.15, 0.2) is 42.5 Å². The fraction of sp³-hybridized carbons (Fsp3) is 0.500. The van der Waals surface area contributed by atoms with Gasteiger partial charge in [-0.25, -0.2) is 0 Å². The van der Waals surface area contributed by atoms with Crippen LogP contribution in [0, 0.1) is 10.8 Å². The molecule has 2 atom stereocenters. The summed E-state index contributed by atoms with van der Waals surface area (Å²) in [6.07, 6.45) is 0.892. The Balaban J connectivity index is 2.22. The zero-order chi connectivity index (χ0) is 20.4. The van der Waals surface area contributed by atoms with Crippen molar-refractivity contribution >= 4 is 23.2 Å². The van der Waals surface area contributed by atoms with E-state index in [2.05, 4.69) is 53.7 Å². The second kappa shape index (κ2) is 8.55. The van der Waals surface area contributed by atoms with Crippen molar-refractivity contribution in [2.45, 2.75) is 66.4 Å². The van der Waals surface area contributed by atoms with Gasteiger partial charge in [-0.15, -0.1) is 0 Å². The molecule has 0 bridgehead atoms. The predicted molar refractivity (Wildman–Crippen MR) is 118 cm³/mol. The van der Waals surface area contributed by atoms with Crippen LogP contribution in [0.2, 0.25) is 10.0 Å². The van der Waals surface area contributed by atoms with Crippen LogP contribution in [-0.4, -0.2) is 5.11 Å². The van der Waals surface area contributed by atoms with Gasteiger partial charge in [-0.1, -0.05) is 95.1 Å². The summed E-state index contributed by atoms with van der Waals surface area (Å²) in [7, 11) is 0. The summed E-state index contributed by atoms with van der Waals surface area (Å²) in [5.41, 5.74) is 3.44. The fourth-order valence-corrected chi connectivity index (χ4v) is 4.08. The molecule has 0 aliphatic heterocycles. The van der Waals surface area contributed by atoms with Gasteiger partial charge in [0.25, 0.3) is 0 Å². The molecule has 148 valence electrons. The van der Waals surface area contributed by atoms with E-state index >= 15 is 0 Å². The van der Waals surface area contributed by atoms with E-state index in [9.17, 15) is 5.11 Å². The predicted octanol–water partition coefficient (Wildman–Crippen LogP) is 7.84. The van der Waals surface area contributed by atoms with Gasteiger partial charge in [-0.05, 0) is 52.0 Å². The minimum absolute atomic E-state index is 0.179. The summed E-state index contributed by atoms with van der Waals surface area (Å²) >= 11 is 12.5. The molecule has 0 fully saturated rings. The molecule has 0 aliphatic rings. The Morgan fingerprint density at radius 3 is 1.74 bits per heavy atom. The topological polar surface area (TPSA) is 20.2 Å². The highest BCUT2D eigenvalue weighted by Gasteiger charge is 2.30. The fourth-order valence-electron chi connectivity index (χ4n) is 3.53. The van der Waals surface area contributed by atoms with Crippen LogP contribution in [0.5, 0.6) is 0 Å². The van der Waals surface area contributed by atoms with Crippen molar-refractivity contribution in [2.24, 2.45) is 10.8 Å². The summed E-state index contributed by atoms with van der Waals surface area (Å²) in [5.74, 6) is 0.460. The van der Waals surface area contributed by atoms with E-state index in [1.165, 1.54) is 5.56 Å². The van der Waals surface area contributed by atoms with Crippen LogP contribution in [0.4, 0.5) is 0 Å². The summed E-state index contributed by atoms with van der Waals surface area (Å²) < 4.78 is 0. The summed E-state index contributed by atoms with van der Waals surface area (Å²) in [5, 5.41) is 11.9. The Bertz CT molecular complexity index is 731. The molecule has 0 aliphatic carbocycles. The third-order valence-corrected chi connectivity index (χ3v) is 5.75. The first kappa shape index (κ1) is 22.3. The summed E-state index contributed by atoms with van der Waals surface area (Å²) in [6.45, 7) is 13.8. The number of hydrogen-bond acceptors (Lipinski definition) is 1. The lowest BCUT2D eigenvalue weighted by molar-refractivity contribution is 0.178. The standard InChI is InChI=1S/C24H32Cl2O/c1-23(2,3)15-19(24(4,5)6)16-10-12-17(13-11-16)22(27)14-18-20(25)8-7-9-21(18)26/h7-13,19,22,27H,14-15H2,1-6H3. The van der Waals surface area contributed by atoms with Crippen molar-refractivity contribution in [3.8, 4) is 0 Å². The van der Waals surface area contributed by atoms with Gasteiger partial charge >= 0.3 is 0 Å². The van der Waals surface area contributed by atoms with Gasteiger partial charge in [-0.3, -0.25) is 0 Å². The van der Waals surface area contributed by atoms with E-state index < -0.39 is 6.10 Å². The zero-order valence-corrected chi connectivity index (χ0v) is 18.8. The number of aliphatic hydroxyl groups is 1. The van der Waals surface area contributed by atoms with Gasteiger partial charge in [0.15, 0.2) is 0 Å². The van der Waals surface area contributed by atoms with Gasteiger partial charge in [-0.2, -0.15) is 0 Å². The minimum atomic E-state index is -0.632. The molecule has 2 aromatic carbocycles. The van der Waals surface area contributed by atoms with Gasteiger partial charge in [0.2, 0.25) is 0 Å². The maximum absolute atomic E-state index is 10.7. The largest absolute Gasteiger partial charge is 0.388 e. The highest BCUT2D eigenvalue weighted by atomic mass is 35.5. The lowest BCUT2D eigenvalue weighted by atomic mass is 9.69. The first-order valence-corrected chi connectivity index (χ1v) is 10.3. The molecular formula is C24H32Cl2O. The number of aliphatic hydroxyl groups excluding tert-OH is 1. The second-order valence-corrected chi connectivity index (χ2v) is 10.6. The molecule has 3 heteroatoms. The highest BCUT2D eigenvalue weighted by Crippen LogP contribution is 2.43. The van der Waals surface area contributed by atoms with Gasteiger partial charge in [0.1, 0.15) is 0 Å². The van der Waals surface area contributed by atoms with E-state index in [1.54, 1.807) is 12.1 Å². The Morgan fingerprint density at radius 2 is 1.30 bits per heavy atom. The molecule has 0 saturated heterocycles. The number of benzene rings is 2. The first-order chi connectivity index (χ1) is 12.4. The average Bonchev–Trinajstić information content (AvgIpc) is 2.54. The monoisotopic (exact) mass is 406 g/mol. The van der Waals surface area contributed by atoms with E-state index in [0.29, 0.717) is 22.4 Å². The van der Waals surface area contributed by atoms with E-state index in [4.69, 9.17) is 23.2 Å². The van der Waals surface area contributed by atoms with E-state index in [-0.39, 0.29) is 10.8 Å². The second-order valence-electron chi connectivity index (χ2n) is 9.77. The Hall–Kier alpha value is -1.02. The van der Waals surface area contributed by atoms with Gasteiger partial charge in [0.05, 0.1) is 6.10 Å². The Morgan fingerprint density at radius 1 is 0.815 bits per heavy atom. The molecule has 27 heavy (non-hydrogen) atoms. The molecule has 1 N–H and O–H groups in total. The van der Waals surface area contributed by atoms with Crippen LogP contribution in [-0.2, 0) is 6.42 Å². The van der Waals surface area contributed by atoms with Crippen LogP contribution >= 0.6 is 23.2 Å². The van der Waals surface area contributed by atoms with Crippen molar-refractivity contribution in [3.63, 3.8) is 0 Å². The molecule has 0 radical (unpaired) electrons. The first-order valence-electron chi connectivity index (χ1n) is 9.59. The molecular weight excluding hydrogens is 375 g/mol. The van der Waals surface area contributed by atoms with E-state index in [1.807, 2.05) is 18.2 Å². The summed E-state index contributed by atoms with van der Waals surface area (Å²) in [4.78, 5) is 0. The minimum Gasteiger partial charge on any atom is -0.388 e.